The summed E-state index contributed by atoms with van der Waals surface area (Å²) in [4.78, 5) is 81.8. The quantitative estimate of drug-likeness (QED) is 0.0649. The fourth-order valence-electron chi connectivity index (χ4n) is 13.1. The first-order valence-corrected chi connectivity index (χ1v) is 27.6. The van der Waals surface area contributed by atoms with Gasteiger partial charge in [0.2, 0.25) is 11.6 Å². The van der Waals surface area contributed by atoms with E-state index in [4.69, 9.17) is 28.4 Å². The molecule has 86 heavy (non-hydrogen) atoms. The third-order valence-electron chi connectivity index (χ3n) is 17.6. The van der Waals surface area contributed by atoms with Crippen LogP contribution in [0.2, 0.25) is 0 Å². The van der Waals surface area contributed by atoms with Crippen LogP contribution in [0.1, 0.15) is 163 Å². The van der Waals surface area contributed by atoms with Crippen molar-refractivity contribution in [3.8, 4) is 34.5 Å². The molecule has 22 nitrogen and oxygen atoms in total. The summed E-state index contributed by atoms with van der Waals surface area (Å²) >= 11 is 0. The molecule has 0 aromatic heterocycles. The molecule has 4 aliphatic carbocycles. The average Bonchev–Trinajstić information content (AvgIpc) is 0.729. The number of ether oxygens (including phenoxy) is 6. The normalized spacial score (nSPS) is 28.1. The number of ketones is 6. The highest BCUT2D eigenvalue weighted by Gasteiger charge is 2.52. The summed E-state index contributed by atoms with van der Waals surface area (Å²) in [5, 5.41) is 100. The number of aliphatic hydroxyl groups is 4. The average molecular weight is 1230 g/mol. The summed E-state index contributed by atoms with van der Waals surface area (Å²) in [6.45, 7) is 6.36. The van der Waals surface area contributed by atoms with Crippen molar-refractivity contribution in [3.05, 3.63) is 139 Å². The highest BCUT2D eigenvalue weighted by Crippen LogP contribution is 2.55. The van der Waals surface area contributed by atoms with Crippen LogP contribution in [0.15, 0.2) is 60.7 Å². The molecule has 11 rings (SSSR count). The van der Waals surface area contributed by atoms with Crippen molar-refractivity contribution in [2.75, 3.05) is 14.2 Å². The van der Waals surface area contributed by atoms with Crippen LogP contribution in [0.4, 0.5) is 0 Å². The zero-order valence-electron chi connectivity index (χ0n) is 47.5. The maximum Gasteiger partial charge on any atom is 0.202 e. The smallest absolute Gasteiger partial charge is 0.202 e. The number of phenolic OH excluding ortho intramolecular Hbond substituents is 4. The van der Waals surface area contributed by atoms with Crippen LogP contribution in [0, 0.1) is 0 Å². The van der Waals surface area contributed by atoms with Crippen molar-refractivity contribution in [2.24, 2.45) is 0 Å². The Balaban J connectivity index is 0.00000442. The van der Waals surface area contributed by atoms with Gasteiger partial charge in [-0.3, -0.25) is 28.8 Å². The highest BCUT2D eigenvalue weighted by atomic mass is 35.5. The predicted octanol–water partition coefficient (Wildman–Crippen LogP) is 4.88. The molecular weight excluding hydrogens is 1160 g/mol. The van der Waals surface area contributed by atoms with Gasteiger partial charge in [0.25, 0.3) is 0 Å². The molecule has 10 N–H and O–H groups in total. The van der Waals surface area contributed by atoms with Crippen molar-refractivity contribution < 1.29 is 98.0 Å². The van der Waals surface area contributed by atoms with Crippen molar-refractivity contribution in [1.82, 2.24) is 10.6 Å². The minimum atomic E-state index is -2.11. The Morgan fingerprint density at radius 3 is 1.22 bits per heavy atom. The maximum atomic E-state index is 14.1. The van der Waals surface area contributed by atoms with Crippen molar-refractivity contribution in [2.45, 2.75) is 152 Å². The zero-order valence-corrected chi connectivity index (χ0v) is 49.1. The number of halogens is 2. The minimum absolute atomic E-state index is 0. The molecule has 2 saturated heterocycles. The number of hydrogen-bond acceptors (Lipinski definition) is 22. The molecule has 5 aromatic carbocycles. The molecule has 0 spiro atoms. The summed E-state index contributed by atoms with van der Waals surface area (Å²) in [6.07, 6.45) is -10.6. The number of nitrogens with one attached hydrogen (secondary N) is 2. The van der Waals surface area contributed by atoms with Crippen LogP contribution in [0.5, 0.6) is 34.5 Å². The number of methoxy groups -OCH3 is 2. The second kappa shape index (κ2) is 24.0. The molecule has 0 amide bonds. The van der Waals surface area contributed by atoms with Crippen LogP contribution in [-0.2, 0) is 54.5 Å². The number of Topliss-reactive ketones (excluding diaryl/α,β-unsaturated/α-hetero) is 2. The predicted molar refractivity (Wildman–Crippen MR) is 307 cm³/mol. The molecule has 5 aromatic rings. The lowest BCUT2D eigenvalue weighted by atomic mass is 9.72. The van der Waals surface area contributed by atoms with Gasteiger partial charge in [0.1, 0.15) is 45.7 Å². The highest BCUT2D eigenvalue weighted by molar-refractivity contribution is 6.32. The van der Waals surface area contributed by atoms with Crippen LogP contribution < -0.4 is 20.1 Å². The van der Waals surface area contributed by atoms with E-state index in [1.807, 2.05) is 24.3 Å². The van der Waals surface area contributed by atoms with Crippen LogP contribution in [0.25, 0.3) is 0 Å². The van der Waals surface area contributed by atoms with Gasteiger partial charge in [0.05, 0.1) is 96.3 Å². The number of carbonyl (C=O) groups excluding carboxylic acids is 6. The Morgan fingerprint density at radius 1 is 0.547 bits per heavy atom. The summed E-state index contributed by atoms with van der Waals surface area (Å²) < 4.78 is 35.9. The van der Waals surface area contributed by atoms with Gasteiger partial charge in [0, 0.05) is 85.0 Å². The topological polar surface area (TPSA) is 344 Å². The number of hydrogen-bond donors (Lipinski definition) is 10. The standard InChI is InChI=1S/C62H64N2O20.2ClH/c1-25-51(35(67)17-41(81-25)83-39-21-61(77,27(3)65)19-33-45(39)59(75)49-47(55(33)71)53(69)31-9-7-11-37(79-5)43(31)57(49)73)63-23-29-13-15-30(16-14-29)24-64-52-26(2)82-42(18-36(52)68)84-40-22-62(78,28(4)66)20-34-46(40)60(76)50-48(56(34)72)54(70)32-10-8-12-38(80-6)44(32)58(50)74;;/h7-16,25-26,35-36,39-42,51-52,63-64,67-68,71-72,75-78H,17-24H2,1-6H3;2*1H/t25-,26-,35-,36-,39-,40-,41-,42-,51+,52+,61-,62-;;/m0../s1. The Hall–Kier alpha value is -6.90. The van der Waals surface area contributed by atoms with Crippen molar-refractivity contribution in [1.29, 1.82) is 0 Å². The Morgan fingerprint density at radius 2 is 0.895 bits per heavy atom. The summed E-state index contributed by atoms with van der Waals surface area (Å²) in [7, 11) is 2.65. The van der Waals surface area contributed by atoms with Gasteiger partial charge < -0.3 is 79.9 Å². The lowest BCUT2D eigenvalue weighted by molar-refractivity contribution is -0.247. The lowest BCUT2D eigenvalue weighted by Crippen LogP contribution is -2.55. The van der Waals surface area contributed by atoms with Crippen molar-refractivity contribution >= 4 is 59.5 Å². The molecule has 2 heterocycles. The van der Waals surface area contributed by atoms with Gasteiger partial charge in [-0.05, 0) is 51.0 Å². The molecule has 458 valence electrons. The number of benzene rings is 5. The van der Waals surface area contributed by atoms with Crippen LogP contribution in [0.3, 0.4) is 0 Å². The molecule has 24 heteroatoms. The number of phenols is 4. The van der Waals surface area contributed by atoms with E-state index in [2.05, 4.69) is 10.6 Å². The number of aromatic hydroxyl groups is 4. The van der Waals surface area contributed by atoms with Gasteiger partial charge in [-0.25, -0.2) is 0 Å². The molecule has 6 aliphatic rings. The molecule has 0 unspecified atom stereocenters. The Labute approximate surface area is 505 Å². The molecular formula is C62H66Cl2N2O20. The Bertz CT molecular complexity index is 3360. The number of rotatable bonds is 14. The van der Waals surface area contributed by atoms with E-state index in [1.54, 1.807) is 13.8 Å². The summed E-state index contributed by atoms with van der Waals surface area (Å²) in [5.41, 5.74) is -5.26. The van der Waals surface area contributed by atoms with Crippen LogP contribution >= 0.6 is 24.8 Å². The van der Waals surface area contributed by atoms with E-state index in [1.165, 1.54) is 50.6 Å². The number of aliphatic hydroxyl groups excluding tert-OH is 2. The van der Waals surface area contributed by atoms with E-state index in [9.17, 15) is 69.6 Å². The summed E-state index contributed by atoms with van der Waals surface area (Å²) in [6, 6.07) is 15.1. The second-order valence-corrected chi connectivity index (χ2v) is 22.7. The van der Waals surface area contributed by atoms with E-state index in [0.29, 0.717) is 13.1 Å². The van der Waals surface area contributed by atoms with Gasteiger partial charge >= 0.3 is 0 Å². The van der Waals surface area contributed by atoms with Gasteiger partial charge in [-0.2, -0.15) is 0 Å². The molecule has 12 atom stereocenters. The fraction of sp³-hybridized carbons (Fsp3) is 0.419. The molecule has 0 bridgehead atoms. The van der Waals surface area contributed by atoms with E-state index >= 15 is 0 Å². The first-order valence-electron chi connectivity index (χ1n) is 27.6. The summed E-state index contributed by atoms with van der Waals surface area (Å²) in [5.74, 6) is -6.98. The van der Waals surface area contributed by atoms with E-state index in [0.717, 1.165) is 25.0 Å². The SMILES string of the molecule is COc1cccc2c1C(=O)c1c(O)c3c(c(O)c1C2=O)C[C@@](O)(C(C)=O)C[C@@H]3O[C@H]1C[C@H](O)[C@H](NCc2ccc(CN[C@@H]3[C@H](C)O[C@@H](O[C@H]4C[C@](O)(C(C)=O)Cc5c(O)c6c(c(O)c54)C(=O)c4c(OC)cccc4C6=O)C[C@@H]3O)cc2)[C@H](C)O1.Cl.Cl. The van der Waals surface area contributed by atoms with Crippen LogP contribution in [-0.4, -0.2) is 150 Å². The first kappa shape index (κ1) is 63.6. The third kappa shape index (κ3) is 10.6. The molecule has 0 radical (unpaired) electrons. The molecule has 0 saturated carbocycles. The van der Waals surface area contributed by atoms with Crippen molar-refractivity contribution in [3.63, 3.8) is 0 Å². The van der Waals surface area contributed by atoms with Gasteiger partial charge in [-0.15, -0.1) is 24.8 Å². The lowest BCUT2D eigenvalue weighted by Gasteiger charge is -2.43. The first-order chi connectivity index (χ1) is 39.9. The van der Waals surface area contributed by atoms with E-state index in [-0.39, 0.29) is 93.7 Å². The monoisotopic (exact) mass is 1230 g/mol. The minimum Gasteiger partial charge on any atom is -0.507 e. The second-order valence-electron chi connectivity index (χ2n) is 22.7. The fourth-order valence-corrected chi connectivity index (χ4v) is 13.1. The van der Waals surface area contributed by atoms with E-state index < -0.39 is 178 Å². The Kier molecular flexibility index (Phi) is 17.7. The molecule has 2 fully saturated rings. The third-order valence-corrected chi connectivity index (χ3v) is 17.6. The van der Waals surface area contributed by atoms with Gasteiger partial charge in [0.15, 0.2) is 35.7 Å². The number of carbonyl (C=O) groups is 6. The number of fused-ring (bicyclic) bond motifs is 6. The molecule has 2 aliphatic heterocycles. The largest absolute Gasteiger partial charge is 0.507 e. The maximum absolute atomic E-state index is 14.1. The van der Waals surface area contributed by atoms with Gasteiger partial charge in [-0.1, -0.05) is 48.5 Å². The zero-order chi connectivity index (χ0) is 60.2.